The summed E-state index contributed by atoms with van der Waals surface area (Å²) in [5, 5.41) is 4.67. The molecule has 0 aliphatic heterocycles. The lowest BCUT2D eigenvalue weighted by Gasteiger charge is -2.12. The number of benzene rings is 1. The minimum absolute atomic E-state index is 0.359. The zero-order valence-electron chi connectivity index (χ0n) is 9.98. The predicted molar refractivity (Wildman–Crippen MR) is 85.5 cm³/mol. The molecule has 1 N–H and O–H groups in total. The molecule has 0 fully saturated rings. The van der Waals surface area contributed by atoms with E-state index in [1.54, 1.807) is 6.07 Å². The van der Waals surface area contributed by atoms with Gasteiger partial charge in [0.15, 0.2) is 5.15 Å². The fourth-order valence-electron chi connectivity index (χ4n) is 1.66. The Balaban J connectivity index is 2.19. The first-order valence-electron chi connectivity index (χ1n) is 5.48. The molecule has 0 atom stereocenters. The van der Waals surface area contributed by atoms with Gasteiger partial charge < -0.3 is 5.32 Å². The van der Waals surface area contributed by atoms with Crippen molar-refractivity contribution in [3.8, 4) is 0 Å². The first-order valence-corrected chi connectivity index (χ1v) is 7.40. The molecule has 6 heteroatoms. The maximum Gasteiger partial charge on any atom is 0.154 e. The highest BCUT2D eigenvalue weighted by atomic mass is 79.9. The quantitative estimate of drug-likeness (QED) is 0.689. The van der Waals surface area contributed by atoms with E-state index < -0.39 is 0 Å². The van der Waals surface area contributed by atoms with Crippen LogP contribution in [-0.4, -0.2) is 4.98 Å². The van der Waals surface area contributed by atoms with Gasteiger partial charge in [0.2, 0.25) is 0 Å². The maximum atomic E-state index is 6.16. The van der Waals surface area contributed by atoms with E-state index in [0.29, 0.717) is 21.9 Å². The molecule has 100 valence electrons. The van der Waals surface area contributed by atoms with Gasteiger partial charge in [-0.05, 0) is 36.2 Å². The summed E-state index contributed by atoms with van der Waals surface area (Å²) in [5.41, 5.74) is 2.69. The van der Waals surface area contributed by atoms with Crippen molar-refractivity contribution < 1.29 is 0 Å². The minimum Gasteiger partial charge on any atom is -0.378 e. The van der Waals surface area contributed by atoms with Crippen LogP contribution in [0.2, 0.25) is 15.3 Å². The van der Waals surface area contributed by atoms with Crippen LogP contribution in [0.1, 0.15) is 11.1 Å². The van der Waals surface area contributed by atoms with E-state index in [4.69, 9.17) is 34.8 Å². The van der Waals surface area contributed by atoms with E-state index in [1.165, 1.54) is 0 Å². The molecule has 1 aromatic heterocycles. The van der Waals surface area contributed by atoms with Crippen molar-refractivity contribution in [2.45, 2.75) is 13.5 Å². The second-order valence-corrected chi connectivity index (χ2v) is 6.09. The Kier molecular flexibility index (Phi) is 4.96. The Bertz CT molecular complexity index is 594. The summed E-state index contributed by atoms with van der Waals surface area (Å²) in [4.78, 5) is 4.01. The molecular weight excluding hydrogens is 370 g/mol. The van der Waals surface area contributed by atoms with Crippen molar-refractivity contribution in [1.82, 2.24) is 4.98 Å². The highest BCUT2D eigenvalue weighted by molar-refractivity contribution is 9.10. The normalized spacial score (nSPS) is 10.6. The molecule has 0 saturated heterocycles. The van der Waals surface area contributed by atoms with Crippen LogP contribution < -0.4 is 5.32 Å². The van der Waals surface area contributed by atoms with Crippen molar-refractivity contribution in [3.05, 3.63) is 55.2 Å². The topological polar surface area (TPSA) is 24.9 Å². The van der Waals surface area contributed by atoms with Crippen molar-refractivity contribution >= 4 is 56.4 Å². The molecule has 1 aromatic carbocycles. The largest absolute Gasteiger partial charge is 0.378 e. The smallest absolute Gasteiger partial charge is 0.154 e. The molecule has 0 spiro atoms. The van der Waals surface area contributed by atoms with Crippen molar-refractivity contribution in [2.24, 2.45) is 0 Å². The van der Waals surface area contributed by atoms with E-state index in [1.807, 2.05) is 25.1 Å². The Labute approximate surface area is 135 Å². The first kappa shape index (κ1) is 14.9. The van der Waals surface area contributed by atoms with E-state index >= 15 is 0 Å². The number of hydrogen-bond donors (Lipinski definition) is 1. The van der Waals surface area contributed by atoms with Crippen LogP contribution in [0.15, 0.2) is 28.7 Å². The van der Waals surface area contributed by atoms with Crippen LogP contribution in [0, 0.1) is 6.92 Å². The Morgan fingerprint density at radius 2 is 1.95 bits per heavy atom. The number of rotatable bonds is 3. The molecule has 2 rings (SSSR count). The van der Waals surface area contributed by atoms with Gasteiger partial charge in [-0.3, -0.25) is 0 Å². The van der Waals surface area contributed by atoms with Gasteiger partial charge in [0, 0.05) is 16.0 Å². The average molecular weight is 380 g/mol. The fourth-order valence-corrected chi connectivity index (χ4v) is 3.00. The molecule has 2 aromatic rings. The monoisotopic (exact) mass is 378 g/mol. The van der Waals surface area contributed by atoms with E-state index in [2.05, 4.69) is 26.2 Å². The average Bonchev–Trinajstić information content (AvgIpc) is 2.30. The summed E-state index contributed by atoms with van der Waals surface area (Å²) in [5.74, 6) is 0. The lowest BCUT2D eigenvalue weighted by molar-refractivity contribution is 1.12. The number of halogens is 4. The highest BCUT2D eigenvalue weighted by Crippen LogP contribution is 2.28. The van der Waals surface area contributed by atoms with Crippen LogP contribution in [0.5, 0.6) is 0 Å². The second-order valence-electron chi connectivity index (χ2n) is 4.02. The zero-order valence-corrected chi connectivity index (χ0v) is 13.8. The van der Waals surface area contributed by atoms with Crippen LogP contribution in [-0.2, 0) is 6.54 Å². The number of hydrogen-bond acceptors (Lipinski definition) is 2. The summed E-state index contributed by atoms with van der Waals surface area (Å²) in [6.45, 7) is 2.49. The van der Waals surface area contributed by atoms with Gasteiger partial charge in [-0.1, -0.05) is 56.8 Å². The summed E-state index contributed by atoms with van der Waals surface area (Å²) in [6, 6.07) is 7.51. The third-order valence-electron chi connectivity index (χ3n) is 2.61. The third-order valence-corrected chi connectivity index (χ3v) is 3.92. The lowest BCUT2D eigenvalue weighted by Crippen LogP contribution is -2.03. The summed E-state index contributed by atoms with van der Waals surface area (Å²) >= 11 is 21.4. The fraction of sp³-hybridized carbons (Fsp3) is 0.154. The van der Waals surface area contributed by atoms with E-state index in [9.17, 15) is 0 Å². The molecule has 0 saturated carbocycles. The molecular formula is C13H10BrCl3N2. The van der Waals surface area contributed by atoms with Crippen LogP contribution >= 0.6 is 50.7 Å². The molecule has 0 bridgehead atoms. The number of nitrogens with zero attached hydrogens (tertiary/aromatic N) is 1. The van der Waals surface area contributed by atoms with Gasteiger partial charge in [0.25, 0.3) is 0 Å². The summed E-state index contributed by atoms with van der Waals surface area (Å²) in [6.07, 6.45) is 0. The number of aromatic nitrogens is 1. The lowest BCUT2D eigenvalue weighted by atomic mass is 10.2. The van der Waals surface area contributed by atoms with Gasteiger partial charge in [-0.15, -0.1) is 0 Å². The third kappa shape index (κ3) is 3.76. The molecule has 2 nitrogen and oxygen atoms in total. The number of aryl methyl sites for hydroxylation is 1. The standard InChI is InChI=1S/C13H10BrCl3N2/c1-7-4-11(16)19-13(17)12(7)18-6-8-2-3-9(14)5-10(8)15/h2-5,18H,6H2,1H3. The SMILES string of the molecule is Cc1cc(Cl)nc(Cl)c1NCc1ccc(Br)cc1Cl. The second kappa shape index (κ2) is 6.31. The van der Waals surface area contributed by atoms with Crippen LogP contribution in [0.4, 0.5) is 5.69 Å². The predicted octanol–water partition coefficient (Wildman–Crippen LogP) is 5.72. The van der Waals surface area contributed by atoms with Crippen LogP contribution in [0.3, 0.4) is 0 Å². The van der Waals surface area contributed by atoms with E-state index in [-0.39, 0.29) is 0 Å². The van der Waals surface area contributed by atoms with Crippen LogP contribution in [0.25, 0.3) is 0 Å². The summed E-state index contributed by atoms with van der Waals surface area (Å²) in [7, 11) is 0. The molecule has 0 unspecified atom stereocenters. The van der Waals surface area contributed by atoms with Gasteiger partial charge in [0.05, 0.1) is 5.69 Å². The Morgan fingerprint density at radius 3 is 2.58 bits per heavy atom. The Hall–Kier alpha value is -0.480. The number of nitrogens with one attached hydrogen (secondary N) is 1. The molecule has 0 aliphatic rings. The van der Waals surface area contributed by atoms with Crippen molar-refractivity contribution in [3.63, 3.8) is 0 Å². The molecule has 0 radical (unpaired) electrons. The van der Waals surface area contributed by atoms with Gasteiger partial charge in [-0.2, -0.15) is 0 Å². The zero-order chi connectivity index (χ0) is 14.0. The van der Waals surface area contributed by atoms with E-state index in [0.717, 1.165) is 21.3 Å². The molecule has 19 heavy (non-hydrogen) atoms. The van der Waals surface area contributed by atoms with Gasteiger partial charge >= 0.3 is 0 Å². The molecule has 0 aliphatic carbocycles. The Morgan fingerprint density at radius 1 is 1.21 bits per heavy atom. The highest BCUT2D eigenvalue weighted by Gasteiger charge is 2.08. The van der Waals surface area contributed by atoms with Crippen molar-refractivity contribution in [2.75, 3.05) is 5.32 Å². The number of anilines is 1. The van der Waals surface area contributed by atoms with Gasteiger partial charge in [-0.25, -0.2) is 4.98 Å². The van der Waals surface area contributed by atoms with Gasteiger partial charge in [0.1, 0.15) is 5.15 Å². The maximum absolute atomic E-state index is 6.16. The molecule has 0 amide bonds. The first-order chi connectivity index (χ1) is 8.97. The molecule has 1 heterocycles. The minimum atomic E-state index is 0.359. The summed E-state index contributed by atoms with van der Waals surface area (Å²) < 4.78 is 0.948. The van der Waals surface area contributed by atoms with Crippen molar-refractivity contribution in [1.29, 1.82) is 0 Å². The number of pyridine rings is 1.